The van der Waals surface area contributed by atoms with Crippen molar-refractivity contribution in [1.82, 2.24) is 15.5 Å². The van der Waals surface area contributed by atoms with Crippen molar-refractivity contribution in [2.45, 2.75) is 46.1 Å². The van der Waals surface area contributed by atoms with Crippen LogP contribution >= 0.6 is 11.3 Å². The van der Waals surface area contributed by atoms with E-state index in [-0.39, 0.29) is 5.91 Å². The summed E-state index contributed by atoms with van der Waals surface area (Å²) in [6.07, 6.45) is 1.46. The van der Waals surface area contributed by atoms with Gasteiger partial charge in [0.05, 0.1) is 0 Å². The maximum atomic E-state index is 12.6. The summed E-state index contributed by atoms with van der Waals surface area (Å²) in [5, 5.41) is 8.72. The van der Waals surface area contributed by atoms with Crippen molar-refractivity contribution in [3.8, 4) is 0 Å². The minimum Gasteiger partial charge on any atom is -0.357 e. The Morgan fingerprint density at radius 1 is 1.31 bits per heavy atom. The minimum atomic E-state index is 0.207. The second-order valence-corrected chi connectivity index (χ2v) is 8.65. The molecule has 0 saturated heterocycles. The Labute approximate surface area is 178 Å². The summed E-state index contributed by atoms with van der Waals surface area (Å²) in [4.78, 5) is 20.7. The third kappa shape index (κ3) is 6.07. The third-order valence-corrected chi connectivity index (χ3v) is 6.29. The predicted molar refractivity (Wildman–Crippen MR) is 122 cm³/mol. The fourth-order valence-electron chi connectivity index (χ4n) is 3.56. The normalized spacial score (nSPS) is 15.0. The van der Waals surface area contributed by atoms with Crippen LogP contribution in [0.1, 0.15) is 47.8 Å². The van der Waals surface area contributed by atoms with E-state index in [0.717, 1.165) is 32.0 Å². The maximum absolute atomic E-state index is 12.6. The van der Waals surface area contributed by atoms with E-state index in [1.807, 2.05) is 4.90 Å². The first-order valence-electron chi connectivity index (χ1n) is 10.5. The summed E-state index contributed by atoms with van der Waals surface area (Å²) in [5.41, 5.74) is 3.88. The third-order valence-electron chi connectivity index (χ3n) is 5.27. The van der Waals surface area contributed by atoms with Crippen LogP contribution in [0.2, 0.25) is 0 Å². The number of hydrogen-bond donors (Lipinski definition) is 2. The number of fused-ring (bicyclic) bond motifs is 1. The molecule has 29 heavy (non-hydrogen) atoms. The quantitative estimate of drug-likeness (QED) is 0.539. The highest BCUT2D eigenvalue weighted by Gasteiger charge is 2.21. The number of guanidine groups is 1. The molecule has 1 aliphatic heterocycles. The van der Waals surface area contributed by atoms with E-state index >= 15 is 0 Å². The van der Waals surface area contributed by atoms with E-state index in [0.29, 0.717) is 25.4 Å². The Hall–Kier alpha value is -2.34. The van der Waals surface area contributed by atoms with Gasteiger partial charge in [-0.1, -0.05) is 36.8 Å². The summed E-state index contributed by atoms with van der Waals surface area (Å²) in [7, 11) is 0. The molecule has 1 aromatic carbocycles. The molecule has 0 fully saturated rings. The molecule has 1 amide bonds. The molecular weight excluding hydrogens is 380 g/mol. The lowest BCUT2D eigenvalue weighted by atomic mass is 10.00. The molecule has 1 atom stereocenters. The van der Waals surface area contributed by atoms with Crippen LogP contribution in [-0.4, -0.2) is 42.9 Å². The molecule has 0 aliphatic carbocycles. The first-order valence-corrected chi connectivity index (χ1v) is 11.4. The number of carbonyl (C=O) groups excluding carboxylic acids is 1. The lowest BCUT2D eigenvalue weighted by molar-refractivity contribution is -0.131. The summed E-state index contributed by atoms with van der Waals surface area (Å²) in [5.74, 6) is 1.33. The number of nitrogens with one attached hydrogen (secondary N) is 2. The highest BCUT2D eigenvalue weighted by atomic mass is 32.1. The molecule has 0 radical (unpaired) electrons. The Morgan fingerprint density at radius 2 is 2.17 bits per heavy atom. The average molecular weight is 413 g/mol. The summed E-state index contributed by atoms with van der Waals surface area (Å²) >= 11 is 1.80. The number of amides is 1. The second kappa shape index (κ2) is 10.4. The minimum absolute atomic E-state index is 0.207. The number of nitrogens with zero attached hydrogens (tertiary/aromatic N) is 2. The van der Waals surface area contributed by atoms with Gasteiger partial charge >= 0.3 is 0 Å². The van der Waals surface area contributed by atoms with Crippen LogP contribution in [0.4, 0.5) is 0 Å². The largest absolute Gasteiger partial charge is 0.357 e. The van der Waals surface area contributed by atoms with Gasteiger partial charge in [0.25, 0.3) is 0 Å². The molecule has 0 spiro atoms. The van der Waals surface area contributed by atoms with Gasteiger partial charge in [-0.05, 0) is 42.8 Å². The molecule has 2 N–H and O–H groups in total. The molecule has 0 saturated carbocycles. The van der Waals surface area contributed by atoms with Crippen LogP contribution in [-0.2, 0) is 17.8 Å². The molecule has 156 valence electrons. The standard InChI is InChI=1S/C23H32N4OS/c1-4-24-23(26-15-18(3)19-7-5-6-17(2)14-19)25-11-8-22(28)27-12-9-21-20(16-27)10-13-29-21/h5-7,10,13-14,18H,4,8-9,11-12,15-16H2,1-3H3,(H2,24,25,26). The van der Waals surface area contributed by atoms with E-state index in [9.17, 15) is 4.79 Å². The van der Waals surface area contributed by atoms with Crippen molar-refractivity contribution < 1.29 is 4.79 Å². The van der Waals surface area contributed by atoms with E-state index in [1.165, 1.54) is 21.6 Å². The van der Waals surface area contributed by atoms with Gasteiger partial charge in [-0.25, -0.2) is 0 Å². The Balaban J connectivity index is 1.47. The topological polar surface area (TPSA) is 56.7 Å². The van der Waals surface area contributed by atoms with Crippen molar-refractivity contribution in [2.24, 2.45) is 4.99 Å². The molecule has 1 aromatic heterocycles. The van der Waals surface area contributed by atoms with E-state index in [2.05, 4.69) is 67.1 Å². The van der Waals surface area contributed by atoms with E-state index < -0.39 is 0 Å². The van der Waals surface area contributed by atoms with Crippen LogP contribution < -0.4 is 10.6 Å². The van der Waals surface area contributed by atoms with Gasteiger partial charge in [0, 0.05) is 49.9 Å². The predicted octanol–water partition coefficient (Wildman–Crippen LogP) is 3.69. The molecule has 3 rings (SSSR count). The molecule has 0 bridgehead atoms. The fourth-order valence-corrected chi connectivity index (χ4v) is 4.45. The second-order valence-electron chi connectivity index (χ2n) is 7.65. The molecular formula is C23H32N4OS. The van der Waals surface area contributed by atoms with Gasteiger partial charge in [0.15, 0.2) is 5.96 Å². The number of aryl methyl sites for hydroxylation is 1. The van der Waals surface area contributed by atoms with Crippen LogP contribution in [0.5, 0.6) is 0 Å². The number of thiophene rings is 1. The van der Waals surface area contributed by atoms with Gasteiger partial charge in [-0.3, -0.25) is 9.79 Å². The van der Waals surface area contributed by atoms with Crippen LogP contribution in [0.15, 0.2) is 40.7 Å². The highest BCUT2D eigenvalue weighted by Crippen LogP contribution is 2.24. The number of hydrogen-bond acceptors (Lipinski definition) is 3. The number of rotatable bonds is 7. The van der Waals surface area contributed by atoms with Crippen LogP contribution in [0.3, 0.4) is 0 Å². The molecule has 6 heteroatoms. The van der Waals surface area contributed by atoms with Gasteiger partial charge in [0.2, 0.25) is 5.91 Å². The molecule has 1 aliphatic rings. The number of aliphatic imine (C=N–C) groups is 1. The van der Waals surface area contributed by atoms with Crippen molar-refractivity contribution in [3.63, 3.8) is 0 Å². The average Bonchev–Trinajstić information content (AvgIpc) is 3.19. The molecule has 1 unspecified atom stereocenters. The van der Waals surface area contributed by atoms with Crippen LogP contribution in [0, 0.1) is 6.92 Å². The number of benzene rings is 1. The van der Waals surface area contributed by atoms with Gasteiger partial charge in [0.1, 0.15) is 0 Å². The van der Waals surface area contributed by atoms with Gasteiger partial charge in [-0.15, -0.1) is 11.3 Å². The summed E-state index contributed by atoms with van der Waals surface area (Å²) in [6.45, 7) is 10.0. The molecule has 2 aromatic rings. The van der Waals surface area contributed by atoms with Crippen molar-refractivity contribution in [1.29, 1.82) is 0 Å². The highest BCUT2D eigenvalue weighted by molar-refractivity contribution is 7.10. The first-order chi connectivity index (χ1) is 14.1. The van der Waals surface area contributed by atoms with Crippen molar-refractivity contribution >= 4 is 23.2 Å². The lowest BCUT2D eigenvalue weighted by Crippen LogP contribution is -2.41. The van der Waals surface area contributed by atoms with Gasteiger partial charge in [-0.2, -0.15) is 0 Å². The lowest BCUT2D eigenvalue weighted by Gasteiger charge is -2.27. The summed E-state index contributed by atoms with van der Waals surface area (Å²) in [6, 6.07) is 10.7. The Kier molecular flexibility index (Phi) is 7.69. The zero-order valence-electron chi connectivity index (χ0n) is 17.7. The summed E-state index contributed by atoms with van der Waals surface area (Å²) < 4.78 is 0. The SMILES string of the molecule is CCNC(=NCC(C)c1cccc(C)c1)NCCC(=O)N1CCc2sccc2C1. The first kappa shape index (κ1) is 21.4. The number of carbonyl (C=O) groups is 1. The maximum Gasteiger partial charge on any atom is 0.224 e. The molecule has 2 heterocycles. The smallest absolute Gasteiger partial charge is 0.224 e. The monoisotopic (exact) mass is 412 g/mol. The van der Waals surface area contributed by atoms with E-state index in [1.54, 1.807) is 11.3 Å². The Morgan fingerprint density at radius 3 is 2.97 bits per heavy atom. The van der Waals surface area contributed by atoms with Gasteiger partial charge < -0.3 is 15.5 Å². The molecule has 5 nitrogen and oxygen atoms in total. The van der Waals surface area contributed by atoms with Crippen LogP contribution in [0.25, 0.3) is 0 Å². The Bertz CT molecular complexity index is 845. The fraction of sp³-hybridized carbons (Fsp3) is 0.478. The van der Waals surface area contributed by atoms with Crippen molar-refractivity contribution in [3.05, 3.63) is 57.3 Å². The van der Waals surface area contributed by atoms with Crippen molar-refractivity contribution in [2.75, 3.05) is 26.2 Å². The van der Waals surface area contributed by atoms with E-state index in [4.69, 9.17) is 4.99 Å². The zero-order chi connectivity index (χ0) is 20.6. The zero-order valence-corrected chi connectivity index (χ0v) is 18.5.